The number of benzene rings is 1. The van der Waals surface area contributed by atoms with Gasteiger partial charge in [-0.05, 0) is 19.4 Å². The Bertz CT molecular complexity index is 431. The van der Waals surface area contributed by atoms with Crippen molar-refractivity contribution in [3.05, 3.63) is 40.2 Å². The first-order chi connectivity index (χ1) is 6.79. The lowest BCUT2D eigenvalue weighted by Gasteiger charge is -1.97. The van der Waals surface area contributed by atoms with E-state index in [9.17, 15) is 0 Å². The van der Waals surface area contributed by atoms with Gasteiger partial charge in [0.1, 0.15) is 0 Å². The first kappa shape index (κ1) is 9.41. The van der Waals surface area contributed by atoms with Gasteiger partial charge in [0.2, 0.25) is 0 Å². The van der Waals surface area contributed by atoms with E-state index < -0.39 is 0 Å². The molecular formula is C12H13NS. The van der Waals surface area contributed by atoms with Crippen molar-refractivity contribution in [2.45, 2.75) is 20.3 Å². The zero-order chi connectivity index (χ0) is 9.97. The van der Waals surface area contributed by atoms with Gasteiger partial charge < -0.3 is 0 Å². The molecule has 0 radical (unpaired) electrons. The van der Waals surface area contributed by atoms with E-state index in [0.29, 0.717) is 0 Å². The summed E-state index contributed by atoms with van der Waals surface area (Å²) in [6, 6.07) is 8.47. The molecule has 2 rings (SSSR count). The van der Waals surface area contributed by atoms with Crippen LogP contribution in [0.25, 0.3) is 11.3 Å². The summed E-state index contributed by atoms with van der Waals surface area (Å²) < 4.78 is 0. The summed E-state index contributed by atoms with van der Waals surface area (Å²) in [5, 5.41) is 3.34. The topological polar surface area (TPSA) is 12.9 Å². The average molecular weight is 203 g/mol. The molecule has 0 spiro atoms. The van der Waals surface area contributed by atoms with Crippen LogP contribution in [0, 0.1) is 6.92 Å². The molecule has 0 saturated carbocycles. The minimum absolute atomic E-state index is 1.02. The van der Waals surface area contributed by atoms with Gasteiger partial charge in [0.25, 0.3) is 0 Å². The third-order valence-corrected chi connectivity index (χ3v) is 3.16. The van der Waals surface area contributed by atoms with Crippen LogP contribution < -0.4 is 0 Å². The highest BCUT2D eigenvalue weighted by Gasteiger charge is 2.02. The fourth-order valence-electron chi connectivity index (χ4n) is 1.41. The van der Waals surface area contributed by atoms with Crippen LogP contribution in [0.15, 0.2) is 29.6 Å². The molecule has 1 heterocycles. The summed E-state index contributed by atoms with van der Waals surface area (Å²) in [7, 11) is 0. The molecule has 0 atom stereocenters. The van der Waals surface area contributed by atoms with Crippen LogP contribution in [0.2, 0.25) is 0 Å². The second kappa shape index (κ2) is 3.93. The zero-order valence-electron chi connectivity index (χ0n) is 8.45. The molecule has 2 aromatic rings. The lowest BCUT2D eigenvalue weighted by Crippen LogP contribution is -1.81. The molecule has 0 N–H and O–H groups in total. The van der Waals surface area contributed by atoms with Crippen molar-refractivity contribution in [3.8, 4) is 11.3 Å². The lowest BCUT2D eigenvalue weighted by atomic mass is 10.1. The molecule has 1 nitrogen and oxygen atoms in total. The highest BCUT2D eigenvalue weighted by atomic mass is 32.1. The maximum absolute atomic E-state index is 4.56. The third-order valence-electron chi connectivity index (χ3n) is 2.17. The summed E-state index contributed by atoms with van der Waals surface area (Å²) in [6.45, 7) is 4.25. The molecule has 0 saturated heterocycles. The van der Waals surface area contributed by atoms with E-state index in [4.69, 9.17) is 0 Å². The van der Waals surface area contributed by atoms with Crippen molar-refractivity contribution in [1.82, 2.24) is 4.98 Å². The predicted octanol–water partition coefficient (Wildman–Crippen LogP) is 3.68. The fourth-order valence-corrected chi connectivity index (χ4v) is 2.16. The molecule has 0 aliphatic rings. The van der Waals surface area contributed by atoms with Crippen LogP contribution in [0.1, 0.15) is 17.5 Å². The normalized spacial score (nSPS) is 10.4. The maximum atomic E-state index is 4.56. The first-order valence-electron chi connectivity index (χ1n) is 4.81. The van der Waals surface area contributed by atoms with Crippen LogP contribution in [-0.4, -0.2) is 4.98 Å². The van der Waals surface area contributed by atoms with Gasteiger partial charge in [-0.2, -0.15) is 0 Å². The van der Waals surface area contributed by atoms with Gasteiger partial charge in [0, 0.05) is 10.9 Å². The summed E-state index contributed by atoms with van der Waals surface area (Å²) in [5.74, 6) is 0. The van der Waals surface area contributed by atoms with Crippen LogP contribution in [0.5, 0.6) is 0 Å². The molecule has 0 unspecified atom stereocenters. The van der Waals surface area contributed by atoms with Gasteiger partial charge in [0.15, 0.2) is 0 Å². The van der Waals surface area contributed by atoms with E-state index in [1.165, 1.54) is 16.1 Å². The summed E-state index contributed by atoms with van der Waals surface area (Å²) >= 11 is 1.74. The predicted molar refractivity (Wildman–Crippen MR) is 61.7 cm³/mol. The summed E-state index contributed by atoms with van der Waals surface area (Å²) in [6.07, 6.45) is 1.02. The quantitative estimate of drug-likeness (QED) is 0.725. The Morgan fingerprint density at radius 3 is 2.86 bits per heavy atom. The SMILES string of the molecule is CCc1nc(-c2cccc(C)c2)cs1. The molecule has 0 aliphatic heterocycles. The van der Waals surface area contributed by atoms with Crippen molar-refractivity contribution in [2.24, 2.45) is 0 Å². The Balaban J connectivity index is 2.39. The maximum Gasteiger partial charge on any atom is 0.0929 e. The minimum Gasteiger partial charge on any atom is -0.241 e. The molecule has 0 bridgehead atoms. The van der Waals surface area contributed by atoms with Gasteiger partial charge >= 0.3 is 0 Å². The summed E-state index contributed by atoms with van der Waals surface area (Å²) in [4.78, 5) is 4.56. The standard InChI is InChI=1S/C12H13NS/c1-3-12-13-11(8-14-12)10-6-4-5-9(2)7-10/h4-8H,3H2,1-2H3. The van der Waals surface area contributed by atoms with Crippen molar-refractivity contribution in [2.75, 3.05) is 0 Å². The van der Waals surface area contributed by atoms with Crippen LogP contribution >= 0.6 is 11.3 Å². The second-order valence-corrected chi connectivity index (χ2v) is 4.29. The van der Waals surface area contributed by atoms with Gasteiger partial charge in [-0.15, -0.1) is 11.3 Å². The largest absolute Gasteiger partial charge is 0.241 e. The highest BCUT2D eigenvalue weighted by molar-refractivity contribution is 7.09. The molecule has 0 aliphatic carbocycles. The van der Waals surface area contributed by atoms with E-state index >= 15 is 0 Å². The third kappa shape index (κ3) is 1.85. The van der Waals surface area contributed by atoms with Crippen LogP contribution in [0.3, 0.4) is 0 Å². The van der Waals surface area contributed by atoms with Gasteiger partial charge in [0.05, 0.1) is 10.7 Å². The summed E-state index contributed by atoms with van der Waals surface area (Å²) in [5.41, 5.74) is 3.62. The molecule has 2 heteroatoms. The first-order valence-corrected chi connectivity index (χ1v) is 5.69. The van der Waals surface area contributed by atoms with E-state index in [2.05, 4.69) is 48.5 Å². The van der Waals surface area contributed by atoms with Gasteiger partial charge in [-0.3, -0.25) is 0 Å². The lowest BCUT2D eigenvalue weighted by molar-refractivity contribution is 1.10. The molecule has 0 fully saturated rings. The van der Waals surface area contributed by atoms with E-state index in [1.54, 1.807) is 11.3 Å². The molecule has 0 amide bonds. The molecule has 1 aromatic carbocycles. The van der Waals surface area contributed by atoms with E-state index in [0.717, 1.165) is 12.1 Å². The van der Waals surface area contributed by atoms with Crippen molar-refractivity contribution >= 4 is 11.3 Å². The Kier molecular flexibility index (Phi) is 2.64. The Morgan fingerprint density at radius 2 is 2.21 bits per heavy atom. The van der Waals surface area contributed by atoms with Crippen LogP contribution in [-0.2, 0) is 6.42 Å². The number of thiazole rings is 1. The molecular weight excluding hydrogens is 190 g/mol. The van der Waals surface area contributed by atoms with Gasteiger partial charge in [-0.25, -0.2) is 4.98 Å². The van der Waals surface area contributed by atoms with Crippen molar-refractivity contribution < 1.29 is 0 Å². The number of aryl methyl sites for hydroxylation is 2. The zero-order valence-corrected chi connectivity index (χ0v) is 9.27. The minimum atomic E-state index is 1.02. The Hall–Kier alpha value is -1.15. The number of hydrogen-bond acceptors (Lipinski definition) is 2. The Labute approximate surface area is 88.4 Å². The Morgan fingerprint density at radius 1 is 1.36 bits per heavy atom. The monoisotopic (exact) mass is 203 g/mol. The second-order valence-electron chi connectivity index (χ2n) is 3.35. The average Bonchev–Trinajstić information content (AvgIpc) is 2.66. The molecule has 14 heavy (non-hydrogen) atoms. The van der Waals surface area contributed by atoms with E-state index in [-0.39, 0.29) is 0 Å². The number of hydrogen-bond donors (Lipinski definition) is 0. The van der Waals surface area contributed by atoms with E-state index in [1.807, 2.05) is 0 Å². The number of nitrogens with zero attached hydrogens (tertiary/aromatic N) is 1. The fraction of sp³-hybridized carbons (Fsp3) is 0.250. The van der Waals surface area contributed by atoms with Gasteiger partial charge in [-0.1, -0.05) is 30.7 Å². The number of rotatable bonds is 2. The smallest absolute Gasteiger partial charge is 0.0929 e. The number of aromatic nitrogens is 1. The molecule has 1 aromatic heterocycles. The highest BCUT2D eigenvalue weighted by Crippen LogP contribution is 2.22. The van der Waals surface area contributed by atoms with Crippen LogP contribution in [0.4, 0.5) is 0 Å². The molecule has 72 valence electrons. The van der Waals surface area contributed by atoms with Crippen molar-refractivity contribution in [3.63, 3.8) is 0 Å². The van der Waals surface area contributed by atoms with Crippen molar-refractivity contribution in [1.29, 1.82) is 0 Å².